The minimum atomic E-state index is -4.43. The minimum Gasteiger partial charge on any atom is -0.455 e. The number of piperidine rings is 1. The first-order valence-corrected chi connectivity index (χ1v) is 10.0. The van der Waals surface area contributed by atoms with Crippen LogP contribution in [0.15, 0.2) is 36.5 Å². The molecule has 2 aromatic rings. The summed E-state index contributed by atoms with van der Waals surface area (Å²) in [6.07, 6.45) is -2.71. The molecule has 1 aromatic carbocycles. The molecule has 166 valence electrons. The lowest BCUT2D eigenvalue weighted by Crippen LogP contribution is -2.38. The third-order valence-electron chi connectivity index (χ3n) is 5.04. The Morgan fingerprint density at radius 3 is 2.52 bits per heavy atom. The van der Waals surface area contributed by atoms with Gasteiger partial charge in [0, 0.05) is 30.0 Å². The highest BCUT2D eigenvalue weighted by molar-refractivity contribution is 6.30. The Balaban J connectivity index is 1.45. The number of rotatable bonds is 5. The van der Waals surface area contributed by atoms with Gasteiger partial charge in [-0.05, 0) is 55.7 Å². The number of amides is 1. The number of carbonyl (C=O) groups excluding carboxylic acids is 2. The molecule has 1 fully saturated rings. The van der Waals surface area contributed by atoms with Crippen molar-refractivity contribution in [3.63, 3.8) is 0 Å². The molecule has 0 radical (unpaired) electrons. The Kier molecular flexibility index (Phi) is 7.04. The molecule has 0 saturated carbocycles. The molecule has 10 heteroatoms. The van der Waals surface area contributed by atoms with Crippen molar-refractivity contribution in [3.05, 3.63) is 52.7 Å². The van der Waals surface area contributed by atoms with E-state index in [0.717, 1.165) is 17.8 Å². The Morgan fingerprint density at radius 1 is 1.23 bits per heavy atom. The second-order valence-corrected chi connectivity index (χ2v) is 7.72. The summed E-state index contributed by atoms with van der Waals surface area (Å²) >= 11 is 5.88. The molecule has 1 amide bonds. The summed E-state index contributed by atoms with van der Waals surface area (Å²) in [5, 5.41) is 3.22. The molecule has 1 N–H and O–H groups in total. The van der Waals surface area contributed by atoms with Crippen LogP contribution in [0.3, 0.4) is 0 Å². The van der Waals surface area contributed by atoms with Crippen molar-refractivity contribution < 1.29 is 27.5 Å². The Bertz CT molecular complexity index is 943. The van der Waals surface area contributed by atoms with Gasteiger partial charge < -0.3 is 15.0 Å². The normalized spacial score (nSPS) is 14.9. The number of anilines is 2. The third-order valence-corrected chi connectivity index (χ3v) is 5.27. The smallest absolute Gasteiger partial charge is 0.417 e. The van der Waals surface area contributed by atoms with Crippen molar-refractivity contribution in [1.29, 1.82) is 0 Å². The number of carbonyl (C=O) groups is 2. The topological polar surface area (TPSA) is 71.5 Å². The summed E-state index contributed by atoms with van der Waals surface area (Å²) in [6.45, 7) is 2.30. The standard InChI is InChI=1S/C21H21ClF3N3O3/c1-13-10-16(22)3-4-17(13)27-19(29)12-31-20(30)14-6-8-28(9-7-14)18-5-2-15(11-26-18)21(23,24)25/h2-5,10-11,14H,6-9,12H2,1H3,(H,27,29). The zero-order chi connectivity index (χ0) is 22.6. The number of nitrogens with zero attached hydrogens (tertiary/aromatic N) is 2. The molecular weight excluding hydrogens is 435 g/mol. The summed E-state index contributed by atoms with van der Waals surface area (Å²) in [4.78, 5) is 30.0. The zero-order valence-electron chi connectivity index (χ0n) is 16.7. The molecule has 2 heterocycles. The molecule has 1 aliphatic rings. The van der Waals surface area contributed by atoms with E-state index in [1.54, 1.807) is 25.1 Å². The Labute approximate surface area is 182 Å². The summed E-state index contributed by atoms with van der Waals surface area (Å²) in [5.41, 5.74) is 0.570. The third kappa shape index (κ3) is 6.10. The monoisotopic (exact) mass is 455 g/mol. The SMILES string of the molecule is Cc1cc(Cl)ccc1NC(=O)COC(=O)C1CCN(c2ccc(C(F)(F)F)cn2)CC1. The highest BCUT2D eigenvalue weighted by atomic mass is 35.5. The number of halogens is 4. The van der Waals surface area contributed by atoms with E-state index in [4.69, 9.17) is 16.3 Å². The largest absolute Gasteiger partial charge is 0.455 e. The first-order chi connectivity index (χ1) is 14.6. The van der Waals surface area contributed by atoms with Crippen LogP contribution in [0.4, 0.5) is 24.7 Å². The maximum absolute atomic E-state index is 12.7. The molecule has 0 atom stereocenters. The van der Waals surface area contributed by atoms with Gasteiger partial charge in [-0.3, -0.25) is 9.59 Å². The van der Waals surface area contributed by atoms with Gasteiger partial charge in [-0.25, -0.2) is 4.98 Å². The van der Waals surface area contributed by atoms with Gasteiger partial charge in [0.05, 0.1) is 11.5 Å². The van der Waals surface area contributed by atoms with Gasteiger partial charge in [0.25, 0.3) is 5.91 Å². The van der Waals surface area contributed by atoms with E-state index in [2.05, 4.69) is 10.3 Å². The zero-order valence-corrected chi connectivity index (χ0v) is 17.5. The number of nitrogens with one attached hydrogen (secondary N) is 1. The first kappa shape index (κ1) is 22.9. The summed E-state index contributed by atoms with van der Waals surface area (Å²) in [6, 6.07) is 7.34. The highest BCUT2D eigenvalue weighted by Crippen LogP contribution is 2.30. The molecule has 1 saturated heterocycles. The van der Waals surface area contributed by atoms with Crippen molar-refractivity contribution >= 4 is 35.0 Å². The van der Waals surface area contributed by atoms with E-state index in [-0.39, 0.29) is 5.92 Å². The van der Waals surface area contributed by atoms with Crippen LogP contribution in [0.1, 0.15) is 24.0 Å². The predicted molar refractivity (Wildman–Crippen MR) is 110 cm³/mol. The summed E-state index contributed by atoms with van der Waals surface area (Å²) < 4.78 is 43.1. The molecule has 0 bridgehead atoms. The molecule has 1 aromatic heterocycles. The quantitative estimate of drug-likeness (QED) is 0.674. The van der Waals surface area contributed by atoms with Gasteiger partial charge in [-0.2, -0.15) is 13.2 Å². The van der Waals surface area contributed by atoms with E-state index in [9.17, 15) is 22.8 Å². The number of pyridine rings is 1. The predicted octanol–water partition coefficient (Wildman–Crippen LogP) is 4.46. The molecule has 0 unspecified atom stereocenters. The number of esters is 1. The van der Waals surface area contributed by atoms with Crippen LogP contribution < -0.4 is 10.2 Å². The highest BCUT2D eigenvalue weighted by Gasteiger charge is 2.31. The molecule has 3 rings (SSSR count). The molecule has 1 aliphatic heterocycles. The molecule has 0 aliphatic carbocycles. The Morgan fingerprint density at radius 2 is 1.94 bits per heavy atom. The lowest BCUT2D eigenvalue weighted by molar-refractivity contribution is -0.152. The van der Waals surface area contributed by atoms with E-state index >= 15 is 0 Å². The molecular formula is C21H21ClF3N3O3. The van der Waals surface area contributed by atoms with Gasteiger partial charge >= 0.3 is 12.1 Å². The summed E-state index contributed by atoms with van der Waals surface area (Å²) in [7, 11) is 0. The van der Waals surface area contributed by atoms with E-state index < -0.39 is 30.2 Å². The van der Waals surface area contributed by atoms with Crippen molar-refractivity contribution in [1.82, 2.24) is 4.98 Å². The number of alkyl halides is 3. The van der Waals surface area contributed by atoms with Gasteiger partial charge in [0.1, 0.15) is 5.82 Å². The van der Waals surface area contributed by atoms with E-state index in [1.165, 1.54) is 6.07 Å². The first-order valence-electron chi connectivity index (χ1n) is 9.64. The lowest BCUT2D eigenvalue weighted by atomic mass is 9.97. The number of benzene rings is 1. The van der Waals surface area contributed by atoms with Crippen LogP contribution in [0.2, 0.25) is 5.02 Å². The van der Waals surface area contributed by atoms with Crippen LogP contribution in [0, 0.1) is 12.8 Å². The van der Waals surface area contributed by atoms with Crippen molar-refractivity contribution in [2.24, 2.45) is 5.92 Å². The second-order valence-electron chi connectivity index (χ2n) is 7.28. The fourth-order valence-electron chi connectivity index (χ4n) is 3.29. The van der Waals surface area contributed by atoms with Crippen LogP contribution in [-0.4, -0.2) is 36.6 Å². The lowest BCUT2D eigenvalue weighted by Gasteiger charge is -2.31. The average molecular weight is 456 g/mol. The minimum absolute atomic E-state index is 0.379. The number of aryl methyl sites for hydroxylation is 1. The molecule has 6 nitrogen and oxygen atoms in total. The molecule has 31 heavy (non-hydrogen) atoms. The maximum atomic E-state index is 12.7. The van der Waals surface area contributed by atoms with Crippen LogP contribution in [0.25, 0.3) is 0 Å². The molecule has 0 spiro atoms. The fraction of sp³-hybridized carbons (Fsp3) is 0.381. The van der Waals surface area contributed by atoms with E-state index in [1.807, 2.05) is 4.90 Å². The van der Waals surface area contributed by atoms with Gasteiger partial charge in [0.2, 0.25) is 0 Å². The van der Waals surface area contributed by atoms with Gasteiger partial charge in [-0.15, -0.1) is 0 Å². The second kappa shape index (κ2) is 9.55. The van der Waals surface area contributed by atoms with Crippen LogP contribution in [0.5, 0.6) is 0 Å². The maximum Gasteiger partial charge on any atom is 0.417 e. The number of hydrogen-bond acceptors (Lipinski definition) is 5. The number of ether oxygens (including phenoxy) is 1. The van der Waals surface area contributed by atoms with Crippen LogP contribution in [-0.2, 0) is 20.5 Å². The van der Waals surface area contributed by atoms with Crippen molar-refractivity contribution in [3.8, 4) is 0 Å². The number of hydrogen-bond donors (Lipinski definition) is 1. The van der Waals surface area contributed by atoms with Crippen molar-refractivity contribution in [2.75, 3.05) is 29.9 Å². The van der Waals surface area contributed by atoms with Gasteiger partial charge in [0.15, 0.2) is 6.61 Å². The fourth-order valence-corrected chi connectivity index (χ4v) is 3.52. The van der Waals surface area contributed by atoms with Crippen molar-refractivity contribution in [2.45, 2.75) is 25.9 Å². The van der Waals surface area contributed by atoms with Crippen LogP contribution >= 0.6 is 11.6 Å². The average Bonchev–Trinajstić information content (AvgIpc) is 2.73. The number of aromatic nitrogens is 1. The Hall–Kier alpha value is -2.81. The van der Waals surface area contributed by atoms with Gasteiger partial charge in [-0.1, -0.05) is 11.6 Å². The van der Waals surface area contributed by atoms with E-state index in [0.29, 0.717) is 42.5 Å². The summed E-state index contributed by atoms with van der Waals surface area (Å²) in [5.74, 6) is -0.874.